The fourth-order valence-corrected chi connectivity index (χ4v) is 3.87. The van der Waals surface area contributed by atoms with Crippen molar-refractivity contribution in [1.29, 1.82) is 0 Å². The van der Waals surface area contributed by atoms with Gasteiger partial charge in [-0.2, -0.15) is 0 Å². The lowest BCUT2D eigenvalue weighted by molar-refractivity contribution is -0.120. The summed E-state index contributed by atoms with van der Waals surface area (Å²) in [6, 6.07) is 5.26. The first-order valence-electron chi connectivity index (χ1n) is 7.74. The van der Waals surface area contributed by atoms with Gasteiger partial charge in [0.05, 0.1) is 5.69 Å². The molecule has 0 aliphatic heterocycles. The van der Waals surface area contributed by atoms with Crippen molar-refractivity contribution in [3.63, 3.8) is 0 Å². The van der Waals surface area contributed by atoms with E-state index in [0.29, 0.717) is 18.4 Å². The number of hydrogen-bond donors (Lipinski definition) is 1. The van der Waals surface area contributed by atoms with Crippen molar-refractivity contribution in [3.05, 3.63) is 23.8 Å². The molecular weight excluding hydrogens is 250 g/mol. The van der Waals surface area contributed by atoms with Crippen molar-refractivity contribution in [2.24, 2.45) is 17.8 Å². The van der Waals surface area contributed by atoms with Gasteiger partial charge in [0.15, 0.2) is 0 Å². The number of phenolic OH excluding ortho intramolecular Hbond substituents is 1. The number of aryl methyl sites for hydroxylation is 1. The first kappa shape index (κ1) is 13.5. The number of nitrogens with zero attached hydrogens (tertiary/aromatic N) is 1. The van der Waals surface area contributed by atoms with Gasteiger partial charge in [0.2, 0.25) is 5.91 Å². The van der Waals surface area contributed by atoms with Crippen LogP contribution in [0, 0.1) is 24.7 Å². The van der Waals surface area contributed by atoms with E-state index in [-0.39, 0.29) is 17.6 Å². The van der Waals surface area contributed by atoms with Gasteiger partial charge in [-0.1, -0.05) is 18.9 Å². The Bertz CT molecular complexity index is 514. The maximum Gasteiger partial charge on any atom is 0.230 e. The molecule has 1 aromatic carbocycles. The van der Waals surface area contributed by atoms with Gasteiger partial charge >= 0.3 is 0 Å². The number of hydrogen-bond acceptors (Lipinski definition) is 2. The molecular formula is C17H23NO2. The molecule has 0 heterocycles. The molecule has 2 unspecified atom stereocenters. The van der Waals surface area contributed by atoms with Crippen LogP contribution in [-0.4, -0.2) is 17.6 Å². The van der Waals surface area contributed by atoms with Gasteiger partial charge in [-0.15, -0.1) is 0 Å². The largest absolute Gasteiger partial charge is 0.508 e. The molecule has 0 radical (unpaired) electrons. The third kappa shape index (κ3) is 2.19. The summed E-state index contributed by atoms with van der Waals surface area (Å²) in [5, 5.41) is 9.69. The van der Waals surface area contributed by atoms with Crippen LogP contribution in [0.2, 0.25) is 0 Å². The van der Waals surface area contributed by atoms with Crippen molar-refractivity contribution in [3.8, 4) is 5.75 Å². The van der Waals surface area contributed by atoms with Crippen LogP contribution >= 0.6 is 0 Å². The number of anilines is 1. The van der Waals surface area contributed by atoms with Crippen molar-refractivity contribution >= 4 is 11.6 Å². The highest BCUT2D eigenvalue weighted by molar-refractivity contribution is 5.98. The van der Waals surface area contributed by atoms with Crippen LogP contribution in [0.3, 0.4) is 0 Å². The summed E-state index contributed by atoms with van der Waals surface area (Å²) in [4.78, 5) is 14.7. The van der Waals surface area contributed by atoms with Crippen LogP contribution in [-0.2, 0) is 4.79 Å². The van der Waals surface area contributed by atoms with Gasteiger partial charge in [-0.05, 0) is 50.2 Å². The third-order valence-corrected chi connectivity index (χ3v) is 5.01. The molecule has 2 aliphatic carbocycles. The van der Waals surface area contributed by atoms with Gasteiger partial charge in [0.25, 0.3) is 0 Å². The van der Waals surface area contributed by atoms with Crippen LogP contribution in [0.5, 0.6) is 5.75 Å². The van der Waals surface area contributed by atoms with Gasteiger partial charge in [0, 0.05) is 18.5 Å². The second kappa shape index (κ2) is 5.12. The second-order valence-corrected chi connectivity index (χ2v) is 6.19. The Labute approximate surface area is 120 Å². The number of rotatable bonds is 3. The molecule has 2 atom stereocenters. The average molecular weight is 273 g/mol. The summed E-state index contributed by atoms with van der Waals surface area (Å²) >= 11 is 0. The summed E-state index contributed by atoms with van der Waals surface area (Å²) in [7, 11) is 0. The van der Waals surface area contributed by atoms with E-state index < -0.39 is 0 Å². The summed E-state index contributed by atoms with van der Waals surface area (Å²) < 4.78 is 0. The zero-order valence-corrected chi connectivity index (χ0v) is 12.3. The highest BCUT2D eigenvalue weighted by Gasteiger charge is 2.55. The zero-order valence-electron chi connectivity index (χ0n) is 12.3. The zero-order chi connectivity index (χ0) is 14.3. The number of phenols is 1. The molecule has 0 aromatic heterocycles. The van der Waals surface area contributed by atoms with Crippen molar-refractivity contribution in [1.82, 2.24) is 0 Å². The third-order valence-electron chi connectivity index (χ3n) is 5.01. The predicted octanol–water partition coefficient (Wildman–Crippen LogP) is 3.49. The topological polar surface area (TPSA) is 40.5 Å². The summed E-state index contributed by atoms with van der Waals surface area (Å²) in [6.07, 6.45) is 5.00. The van der Waals surface area contributed by atoms with E-state index in [1.165, 1.54) is 25.7 Å². The molecule has 0 bridgehead atoms. The van der Waals surface area contributed by atoms with E-state index in [4.69, 9.17) is 0 Å². The minimum atomic E-state index is 0.227. The molecule has 0 spiro atoms. The summed E-state index contributed by atoms with van der Waals surface area (Å²) in [6.45, 7) is 4.66. The Morgan fingerprint density at radius 3 is 2.55 bits per heavy atom. The molecule has 108 valence electrons. The Kier molecular flexibility index (Phi) is 3.45. The number of aromatic hydroxyl groups is 1. The number of amides is 1. The maximum atomic E-state index is 12.8. The monoisotopic (exact) mass is 273 g/mol. The molecule has 2 aliphatic rings. The SMILES string of the molecule is CCN(C(=O)C1C2CCCCC21)c1cc(O)ccc1C. The molecule has 1 amide bonds. The number of carbonyl (C=O) groups excluding carboxylic acids is 1. The molecule has 20 heavy (non-hydrogen) atoms. The van der Waals surface area contributed by atoms with E-state index in [9.17, 15) is 9.90 Å². The number of carbonyl (C=O) groups is 1. The highest BCUT2D eigenvalue weighted by Crippen LogP contribution is 2.56. The minimum absolute atomic E-state index is 0.227. The molecule has 1 N–H and O–H groups in total. The maximum absolute atomic E-state index is 12.8. The van der Waals surface area contributed by atoms with Crippen LogP contribution < -0.4 is 4.90 Å². The van der Waals surface area contributed by atoms with Gasteiger partial charge in [-0.25, -0.2) is 0 Å². The normalized spacial score (nSPS) is 27.8. The van der Waals surface area contributed by atoms with Gasteiger partial charge in [0.1, 0.15) is 5.75 Å². The van der Waals surface area contributed by atoms with Crippen LogP contribution in [0.1, 0.15) is 38.2 Å². The van der Waals surface area contributed by atoms with E-state index in [2.05, 4.69) is 0 Å². The fraction of sp³-hybridized carbons (Fsp3) is 0.588. The molecule has 3 rings (SSSR count). The van der Waals surface area contributed by atoms with Gasteiger partial charge < -0.3 is 10.0 Å². The smallest absolute Gasteiger partial charge is 0.230 e. The van der Waals surface area contributed by atoms with E-state index >= 15 is 0 Å². The molecule has 3 nitrogen and oxygen atoms in total. The Morgan fingerprint density at radius 1 is 1.30 bits per heavy atom. The summed E-state index contributed by atoms with van der Waals surface area (Å²) in [5.74, 6) is 1.98. The number of benzene rings is 1. The van der Waals surface area contributed by atoms with Crippen LogP contribution in [0.4, 0.5) is 5.69 Å². The summed E-state index contributed by atoms with van der Waals surface area (Å²) in [5.41, 5.74) is 1.91. The molecule has 2 fully saturated rings. The standard InChI is InChI=1S/C17H23NO2/c1-3-18(15-10-12(19)9-8-11(15)2)17(20)16-13-6-4-5-7-14(13)16/h8-10,13-14,16,19H,3-7H2,1-2H3. The Hall–Kier alpha value is -1.51. The molecule has 2 saturated carbocycles. The second-order valence-electron chi connectivity index (χ2n) is 6.19. The van der Waals surface area contributed by atoms with Gasteiger partial charge in [-0.3, -0.25) is 4.79 Å². The van der Waals surface area contributed by atoms with Crippen molar-refractivity contribution in [2.45, 2.75) is 39.5 Å². The molecule has 0 saturated heterocycles. The molecule has 1 aromatic rings. The average Bonchev–Trinajstić information content (AvgIpc) is 3.17. The Morgan fingerprint density at radius 2 is 1.95 bits per heavy atom. The highest BCUT2D eigenvalue weighted by atomic mass is 16.3. The predicted molar refractivity (Wildman–Crippen MR) is 79.8 cm³/mol. The van der Waals surface area contributed by atoms with Crippen molar-refractivity contribution in [2.75, 3.05) is 11.4 Å². The fourth-order valence-electron chi connectivity index (χ4n) is 3.87. The lowest BCUT2D eigenvalue weighted by Gasteiger charge is -2.23. The first-order chi connectivity index (χ1) is 9.63. The molecule has 3 heteroatoms. The van der Waals surface area contributed by atoms with E-state index in [0.717, 1.165) is 11.3 Å². The van der Waals surface area contributed by atoms with E-state index in [1.807, 2.05) is 24.8 Å². The van der Waals surface area contributed by atoms with Crippen LogP contribution in [0.25, 0.3) is 0 Å². The first-order valence-corrected chi connectivity index (χ1v) is 7.74. The lowest BCUT2D eigenvalue weighted by atomic mass is 10.0. The number of fused-ring (bicyclic) bond motifs is 1. The minimum Gasteiger partial charge on any atom is -0.508 e. The Balaban J connectivity index is 1.83. The quantitative estimate of drug-likeness (QED) is 0.915. The lowest BCUT2D eigenvalue weighted by Crippen LogP contribution is -2.33. The van der Waals surface area contributed by atoms with Crippen molar-refractivity contribution < 1.29 is 9.90 Å². The van der Waals surface area contributed by atoms with E-state index in [1.54, 1.807) is 12.1 Å². The van der Waals surface area contributed by atoms with Crippen LogP contribution in [0.15, 0.2) is 18.2 Å².